The van der Waals surface area contributed by atoms with Gasteiger partial charge in [0.05, 0.1) is 11.3 Å². The van der Waals surface area contributed by atoms with Crippen molar-refractivity contribution in [2.75, 3.05) is 5.43 Å². The zero-order valence-corrected chi connectivity index (χ0v) is 9.76. The average molecular weight is 242 g/mol. The first-order valence-electron chi connectivity index (χ1n) is 5.51. The third kappa shape index (κ3) is 2.64. The Kier molecular flexibility index (Phi) is 3.54. The summed E-state index contributed by atoms with van der Waals surface area (Å²) in [6.07, 6.45) is 0.536. The molecule has 0 saturated heterocycles. The van der Waals surface area contributed by atoms with Crippen molar-refractivity contribution in [1.82, 2.24) is 4.98 Å². The fourth-order valence-electron chi connectivity index (χ4n) is 1.73. The molecule has 1 aromatic heterocycles. The molecule has 1 heterocycles. The number of nitrogens with one attached hydrogen (secondary N) is 1. The lowest BCUT2D eigenvalue weighted by atomic mass is 10.0. The largest absolute Gasteiger partial charge is 0.366 e. The highest BCUT2D eigenvalue weighted by Crippen LogP contribution is 2.14. The molecule has 5 nitrogen and oxygen atoms in total. The fraction of sp³-hybridized carbons (Fsp3) is 0.0769. The molecule has 0 saturated carbocycles. The number of nitrogens with two attached hydrogens (primary N) is 2. The molecule has 18 heavy (non-hydrogen) atoms. The Balaban J connectivity index is 2.38. The molecule has 0 spiro atoms. The van der Waals surface area contributed by atoms with E-state index in [-0.39, 0.29) is 0 Å². The van der Waals surface area contributed by atoms with Gasteiger partial charge in [0, 0.05) is 6.42 Å². The Morgan fingerprint density at radius 1 is 1.17 bits per heavy atom. The van der Waals surface area contributed by atoms with Gasteiger partial charge in [-0.05, 0) is 17.7 Å². The molecule has 1 aromatic carbocycles. The summed E-state index contributed by atoms with van der Waals surface area (Å²) in [7, 11) is 0. The third-order valence-corrected chi connectivity index (χ3v) is 2.60. The number of nitrogen functional groups attached to an aromatic ring is 1. The summed E-state index contributed by atoms with van der Waals surface area (Å²) in [4.78, 5) is 15.6. The maximum absolute atomic E-state index is 11.3. The quantitative estimate of drug-likeness (QED) is 0.552. The number of carbonyl (C=O) groups is 1. The van der Waals surface area contributed by atoms with E-state index in [1.54, 1.807) is 12.1 Å². The Hall–Kier alpha value is -2.40. The van der Waals surface area contributed by atoms with Crippen molar-refractivity contribution in [1.29, 1.82) is 0 Å². The first kappa shape index (κ1) is 12.1. The highest BCUT2D eigenvalue weighted by atomic mass is 16.1. The van der Waals surface area contributed by atoms with Crippen LogP contribution < -0.4 is 17.0 Å². The van der Waals surface area contributed by atoms with E-state index in [9.17, 15) is 4.79 Å². The monoisotopic (exact) mass is 242 g/mol. The molecule has 0 unspecified atom stereocenters. The van der Waals surface area contributed by atoms with E-state index < -0.39 is 5.91 Å². The average Bonchev–Trinajstić information content (AvgIpc) is 2.39. The molecule has 0 aliphatic carbocycles. The lowest BCUT2D eigenvalue weighted by Gasteiger charge is -2.08. The Labute approximate surface area is 105 Å². The van der Waals surface area contributed by atoms with Crippen LogP contribution in [-0.4, -0.2) is 10.9 Å². The number of amides is 1. The van der Waals surface area contributed by atoms with Crippen LogP contribution >= 0.6 is 0 Å². The molecular weight excluding hydrogens is 228 g/mol. The van der Waals surface area contributed by atoms with Gasteiger partial charge in [0.2, 0.25) is 0 Å². The van der Waals surface area contributed by atoms with Crippen LogP contribution in [0.5, 0.6) is 0 Å². The van der Waals surface area contributed by atoms with Gasteiger partial charge in [0.25, 0.3) is 5.91 Å². The number of aromatic nitrogens is 1. The number of carbonyl (C=O) groups excluding carboxylic acids is 1. The van der Waals surface area contributed by atoms with E-state index in [1.807, 2.05) is 30.3 Å². The van der Waals surface area contributed by atoms with Crippen LogP contribution in [0, 0.1) is 0 Å². The van der Waals surface area contributed by atoms with E-state index in [1.165, 1.54) is 0 Å². The molecule has 92 valence electrons. The first-order chi connectivity index (χ1) is 8.70. The van der Waals surface area contributed by atoms with E-state index in [2.05, 4.69) is 10.4 Å². The normalized spacial score (nSPS) is 10.1. The second-order valence-corrected chi connectivity index (χ2v) is 3.86. The van der Waals surface area contributed by atoms with Gasteiger partial charge in [-0.25, -0.2) is 10.8 Å². The Morgan fingerprint density at radius 3 is 2.50 bits per heavy atom. The molecule has 0 radical (unpaired) electrons. The number of hydrogen-bond acceptors (Lipinski definition) is 4. The van der Waals surface area contributed by atoms with Gasteiger partial charge < -0.3 is 11.2 Å². The fourth-order valence-corrected chi connectivity index (χ4v) is 1.73. The predicted molar refractivity (Wildman–Crippen MR) is 69.8 cm³/mol. The molecular formula is C13H14N4O. The topological polar surface area (TPSA) is 94.0 Å². The van der Waals surface area contributed by atoms with E-state index in [4.69, 9.17) is 11.6 Å². The molecule has 2 rings (SSSR count). The second kappa shape index (κ2) is 5.29. The molecule has 5 N–H and O–H groups in total. The minimum atomic E-state index is -0.489. The summed E-state index contributed by atoms with van der Waals surface area (Å²) < 4.78 is 0. The van der Waals surface area contributed by atoms with Crippen LogP contribution in [0.3, 0.4) is 0 Å². The molecule has 2 aromatic rings. The van der Waals surface area contributed by atoms with Crippen molar-refractivity contribution in [3.63, 3.8) is 0 Å². The second-order valence-electron chi connectivity index (χ2n) is 3.86. The summed E-state index contributed by atoms with van der Waals surface area (Å²) in [6.45, 7) is 0. The molecule has 1 amide bonds. The summed E-state index contributed by atoms with van der Waals surface area (Å²) in [6, 6.07) is 13.0. The standard InChI is InChI=1S/C13H14N4O/c14-13(18)10-6-7-12(17-15)16-11(10)8-9-4-2-1-3-5-9/h1-7H,8,15H2,(H2,14,18)(H,16,17). The number of benzene rings is 1. The number of hydrogen-bond donors (Lipinski definition) is 3. The zero-order valence-electron chi connectivity index (χ0n) is 9.76. The highest BCUT2D eigenvalue weighted by molar-refractivity contribution is 5.94. The third-order valence-electron chi connectivity index (χ3n) is 2.60. The van der Waals surface area contributed by atoms with Crippen molar-refractivity contribution in [3.05, 3.63) is 59.3 Å². The van der Waals surface area contributed by atoms with Crippen LogP contribution in [0.2, 0.25) is 0 Å². The minimum absolute atomic E-state index is 0.415. The van der Waals surface area contributed by atoms with Gasteiger partial charge in [-0.1, -0.05) is 30.3 Å². The summed E-state index contributed by atoms with van der Waals surface area (Å²) in [5.74, 6) is 5.33. The van der Waals surface area contributed by atoms with E-state index in [0.717, 1.165) is 5.56 Å². The van der Waals surface area contributed by atoms with Crippen molar-refractivity contribution >= 4 is 11.7 Å². The SMILES string of the molecule is NNc1ccc(C(N)=O)c(Cc2ccccc2)n1. The molecule has 5 heteroatoms. The molecule has 0 aliphatic heterocycles. The summed E-state index contributed by atoms with van der Waals surface area (Å²) in [5, 5.41) is 0. The van der Waals surface area contributed by atoms with Crippen molar-refractivity contribution in [2.24, 2.45) is 11.6 Å². The van der Waals surface area contributed by atoms with Gasteiger partial charge in [0.1, 0.15) is 5.82 Å². The molecule has 0 bridgehead atoms. The van der Waals surface area contributed by atoms with E-state index in [0.29, 0.717) is 23.5 Å². The number of pyridine rings is 1. The van der Waals surface area contributed by atoms with Crippen LogP contribution in [0.25, 0.3) is 0 Å². The van der Waals surface area contributed by atoms with Crippen molar-refractivity contribution in [2.45, 2.75) is 6.42 Å². The number of nitrogens with zero attached hydrogens (tertiary/aromatic N) is 1. The predicted octanol–water partition coefficient (Wildman–Crippen LogP) is 1.06. The summed E-state index contributed by atoms with van der Waals surface area (Å²) in [5.41, 5.74) is 9.87. The first-order valence-corrected chi connectivity index (χ1v) is 5.51. The number of anilines is 1. The van der Waals surface area contributed by atoms with Crippen LogP contribution in [0.15, 0.2) is 42.5 Å². The Morgan fingerprint density at radius 2 is 1.89 bits per heavy atom. The van der Waals surface area contributed by atoms with Crippen molar-refractivity contribution < 1.29 is 4.79 Å². The van der Waals surface area contributed by atoms with Crippen molar-refractivity contribution in [3.8, 4) is 0 Å². The summed E-state index contributed by atoms with van der Waals surface area (Å²) >= 11 is 0. The number of primary amides is 1. The number of rotatable bonds is 4. The maximum Gasteiger partial charge on any atom is 0.250 e. The molecule has 0 aliphatic rings. The highest BCUT2D eigenvalue weighted by Gasteiger charge is 2.11. The van der Waals surface area contributed by atoms with E-state index >= 15 is 0 Å². The maximum atomic E-state index is 11.3. The minimum Gasteiger partial charge on any atom is -0.366 e. The van der Waals surface area contributed by atoms with Gasteiger partial charge in [-0.15, -0.1) is 0 Å². The number of hydrazine groups is 1. The lowest BCUT2D eigenvalue weighted by Crippen LogP contribution is -2.17. The van der Waals surface area contributed by atoms with Gasteiger partial charge in [0.15, 0.2) is 0 Å². The van der Waals surface area contributed by atoms with Crippen LogP contribution in [0.4, 0.5) is 5.82 Å². The van der Waals surface area contributed by atoms with Crippen LogP contribution in [-0.2, 0) is 6.42 Å². The van der Waals surface area contributed by atoms with Gasteiger partial charge in [-0.2, -0.15) is 0 Å². The Bertz CT molecular complexity index is 554. The lowest BCUT2D eigenvalue weighted by molar-refractivity contribution is 0.0999. The molecule has 0 fully saturated rings. The smallest absolute Gasteiger partial charge is 0.250 e. The van der Waals surface area contributed by atoms with Crippen LogP contribution in [0.1, 0.15) is 21.6 Å². The molecule has 0 atom stereocenters. The zero-order chi connectivity index (χ0) is 13.0. The van der Waals surface area contributed by atoms with Gasteiger partial charge in [-0.3, -0.25) is 4.79 Å². The van der Waals surface area contributed by atoms with Gasteiger partial charge >= 0.3 is 0 Å².